The van der Waals surface area contributed by atoms with E-state index in [1.54, 1.807) is 0 Å². The first-order valence-electron chi connectivity index (χ1n) is 7.23. The molecule has 0 aromatic heterocycles. The molecule has 104 valence electrons. The zero-order chi connectivity index (χ0) is 13.2. The van der Waals surface area contributed by atoms with Crippen LogP contribution in [0.3, 0.4) is 0 Å². The SMILES string of the molecule is CCC(CC)(CNC(=O)C1CC2CCC1N2)SC. The number of carbonyl (C=O) groups excluding carboxylic acids is 1. The van der Waals surface area contributed by atoms with E-state index in [2.05, 4.69) is 30.7 Å². The van der Waals surface area contributed by atoms with Crippen LogP contribution in [0.1, 0.15) is 46.0 Å². The molecule has 2 aliphatic rings. The topological polar surface area (TPSA) is 41.1 Å². The zero-order valence-electron chi connectivity index (χ0n) is 11.8. The van der Waals surface area contributed by atoms with Gasteiger partial charge in [0, 0.05) is 23.4 Å². The Bertz CT molecular complexity index is 296. The highest BCUT2D eigenvalue weighted by molar-refractivity contribution is 8.00. The monoisotopic (exact) mass is 270 g/mol. The maximum absolute atomic E-state index is 12.3. The molecule has 2 saturated heterocycles. The zero-order valence-corrected chi connectivity index (χ0v) is 12.6. The number of carbonyl (C=O) groups is 1. The Morgan fingerprint density at radius 2 is 2.11 bits per heavy atom. The summed E-state index contributed by atoms with van der Waals surface area (Å²) in [5, 5.41) is 6.74. The Balaban J connectivity index is 1.84. The minimum absolute atomic E-state index is 0.219. The summed E-state index contributed by atoms with van der Waals surface area (Å²) in [6.07, 6.45) is 7.85. The summed E-state index contributed by atoms with van der Waals surface area (Å²) >= 11 is 1.89. The standard InChI is InChI=1S/C14H26N2OS/c1-4-14(5-2,18-3)9-15-13(17)11-8-10-6-7-12(11)16-10/h10-12,16H,4-9H2,1-3H3,(H,15,17). The molecule has 2 aliphatic heterocycles. The number of nitrogens with one attached hydrogen (secondary N) is 2. The molecule has 2 rings (SSSR count). The van der Waals surface area contributed by atoms with Crippen LogP contribution in [0.5, 0.6) is 0 Å². The van der Waals surface area contributed by atoms with Gasteiger partial charge in [-0.3, -0.25) is 4.79 Å². The van der Waals surface area contributed by atoms with E-state index in [4.69, 9.17) is 0 Å². The maximum atomic E-state index is 12.3. The molecule has 2 N–H and O–H groups in total. The summed E-state index contributed by atoms with van der Waals surface area (Å²) in [5.41, 5.74) is 0. The largest absolute Gasteiger partial charge is 0.354 e. The minimum atomic E-state index is 0.219. The van der Waals surface area contributed by atoms with Crippen molar-refractivity contribution in [3.63, 3.8) is 0 Å². The second kappa shape index (κ2) is 5.83. The molecule has 3 atom stereocenters. The van der Waals surface area contributed by atoms with Crippen molar-refractivity contribution in [3.05, 3.63) is 0 Å². The Kier molecular flexibility index (Phi) is 4.59. The molecule has 0 radical (unpaired) electrons. The molecule has 0 saturated carbocycles. The normalized spacial score (nSPS) is 30.7. The first-order valence-corrected chi connectivity index (χ1v) is 8.45. The summed E-state index contributed by atoms with van der Waals surface area (Å²) in [6, 6.07) is 1.05. The second-order valence-electron chi connectivity index (χ2n) is 5.70. The van der Waals surface area contributed by atoms with E-state index in [1.807, 2.05) is 11.8 Å². The molecule has 4 heteroatoms. The van der Waals surface area contributed by atoms with Crippen molar-refractivity contribution in [1.29, 1.82) is 0 Å². The molecule has 2 heterocycles. The predicted octanol–water partition coefficient (Wildman–Crippen LogP) is 2.16. The van der Waals surface area contributed by atoms with Crippen molar-refractivity contribution in [3.8, 4) is 0 Å². The van der Waals surface area contributed by atoms with Crippen molar-refractivity contribution in [1.82, 2.24) is 10.6 Å². The van der Waals surface area contributed by atoms with Gasteiger partial charge in [-0.1, -0.05) is 13.8 Å². The molecule has 18 heavy (non-hydrogen) atoms. The molecule has 0 spiro atoms. The number of fused-ring (bicyclic) bond motifs is 2. The number of rotatable bonds is 6. The van der Waals surface area contributed by atoms with Crippen LogP contribution in [0.15, 0.2) is 0 Å². The third kappa shape index (κ3) is 2.69. The van der Waals surface area contributed by atoms with Gasteiger partial charge in [-0.2, -0.15) is 11.8 Å². The lowest BCUT2D eigenvalue weighted by Gasteiger charge is -2.31. The van der Waals surface area contributed by atoms with Gasteiger partial charge in [0.15, 0.2) is 0 Å². The third-order valence-electron chi connectivity index (χ3n) is 4.94. The van der Waals surface area contributed by atoms with E-state index in [1.165, 1.54) is 12.8 Å². The molecular weight excluding hydrogens is 244 g/mol. The van der Waals surface area contributed by atoms with Crippen LogP contribution in [0.25, 0.3) is 0 Å². The summed E-state index contributed by atoms with van der Waals surface area (Å²) < 4.78 is 0.223. The lowest BCUT2D eigenvalue weighted by atomic mass is 9.88. The van der Waals surface area contributed by atoms with Crippen molar-refractivity contribution in [2.75, 3.05) is 12.8 Å². The fourth-order valence-electron chi connectivity index (χ4n) is 3.35. The van der Waals surface area contributed by atoms with E-state index in [-0.39, 0.29) is 16.6 Å². The molecule has 3 unspecified atom stereocenters. The van der Waals surface area contributed by atoms with Gasteiger partial charge in [-0.15, -0.1) is 0 Å². The van der Waals surface area contributed by atoms with Crippen molar-refractivity contribution in [2.24, 2.45) is 5.92 Å². The highest BCUT2D eigenvalue weighted by atomic mass is 32.2. The summed E-state index contributed by atoms with van der Waals surface area (Å²) in [4.78, 5) is 12.3. The van der Waals surface area contributed by atoms with Gasteiger partial charge >= 0.3 is 0 Å². The molecule has 2 fully saturated rings. The van der Waals surface area contributed by atoms with E-state index in [0.29, 0.717) is 12.1 Å². The van der Waals surface area contributed by atoms with Crippen molar-refractivity contribution in [2.45, 2.75) is 62.8 Å². The van der Waals surface area contributed by atoms with Gasteiger partial charge in [0.2, 0.25) is 5.91 Å². The van der Waals surface area contributed by atoms with Gasteiger partial charge in [-0.25, -0.2) is 0 Å². The molecule has 3 nitrogen and oxygen atoms in total. The van der Waals surface area contributed by atoms with Crippen LogP contribution in [0.4, 0.5) is 0 Å². The Morgan fingerprint density at radius 3 is 2.56 bits per heavy atom. The number of thioether (sulfide) groups is 1. The molecule has 0 aliphatic carbocycles. The predicted molar refractivity (Wildman–Crippen MR) is 77.9 cm³/mol. The van der Waals surface area contributed by atoms with Crippen molar-refractivity contribution >= 4 is 17.7 Å². The fourth-order valence-corrected chi connectivity index (χ4v) is 4.15. The highest BCUT2D eigenvalue weighted by Gasteiger charge is 2.43. The summed E-state index contributed by atoms with van der Waals surface area (Å²) in [6.45, 7) is 5.24. The Hall–Kier alpha value is -0.220. The second-order valence-corrected chi connectivity index (χ2v) is 6.98. The molecule has 1 amide bonds. The lowest BCUT2D eigenvalue weighted by molar-refractivity contribution is -0.125. The molecule has 2 bridgehead atoms. The van der Waals surface area contributed by atoms with Crippen LogP contribution < -0.4 is 10.6 Å². The van der Waals surface area contributed by atoms with Crippen LogP contribution in [0, 0.1) is 5.92 Å². The van der Waals surface area contributed by atoms with Crippen LogP contribution in [-0.4, -0.2) is 35.5 Å². The van der Waals surface area contributed by atoms with Gasteiger partial charge in [0.25, 0.3) is 0 Å². The van der Waals surface area contributed by atoms with Crippen LogP contribution >= 0.6 is 11.8 Å². The van der Waals surface area contributed by atoms with Gasteiger partial charge in [-0.05, 0) is 38.4 Å². The molecule has 0 aromatic rings. The lowest BCUT2D eigenvalue weighted by Crippen LogP contribution is -2.44. The summed E-state index contributed by atoms with van der Waals surface area (Å²) in [7, 11) is 0. The van der Waals surface area contributed by atoms with E-state index < -0.39 is 0 Å². The van der Waals surface area contributed by atoms with Crippen molar-refractivity contribution < 1.29 is 4.79 Å². The van der Waals surface area contributed by atoms with Crippen LogP contribution in [0.2, 0.25) is 0 Å². The fraction of sp³-hybridized carbons (Fsp3) is 0.929. The Morgan fingerprint density at radius 1 is 1.39 bits per heavy atom. The van der Waals surface area contributed by atoms with Gasteiger partial charge in [0.05, 0.1) is 5.92 Å². The van der Waals surface area contributed by atoms with E-state index in [0.717, 1.165) is 25.8 Å². The first-order chi connectivity index (χ1) is 8.64. The van der Waals surface area contributed by atoms with E-state index >= 15 is 0 Å². The highest BCUT2D eigenvalue weighted by Crippen LogP contribution is 2.34. The Labute approximate surface area is 115 Å². The average Bonchev–Trinajstić information content (AvgIpc) is 3.03. The molecular formula is C14H26N2OS. The number of hydrogen-bond donors (Lipinski definition) is 2. The number of amides is 1. The maximum Gasteiger partial charge on any atom is 0.224 e. The molecule has 0 aromatic carbocycles. The quantitative estimate of drug-likeness (QED) is 0.777. The third-order valence-corrected chi connectivity index (χ3v) is 6.53. The first kappa shape index (κ1) is 14.2. The smallest absolute Gasteiger partial charge is 0.224 e. The van der Waals surface area contributed by atoms with Gasteiger partial charge in [0.1, 0.15) is 0 Å². The summed E-state index contributed by atoms with van der Waals surface area (Å²) in [5.74, 6) is 0.493. The van der Waals surface area contributed by atoms with E-state index in [9.17, 15) is 4.79 Å². The van der Waals surface area contributed by atoms with Crippen LogP contribution in [-0.2, 0) is 4.79 Å². The minimum Gasteiger partial charge on any atom is -0.354 e. The average molecular weight is 270 g/mol. The van der Waals surface area contributed by atoms with Gasteiger partial charge < -0.3 is 10.6 Å². The number of hydrogen-bond acceptors (Lipinski definition) is 3.